The van der Waals surface area contributed by atoms with Crippen LogP contribution in [0.2, 0.25) is 0 Å². The number of rotatable bonds is 5. The number of anilines is 1. The molecule has 2 aliphatic rings. The Labute approximate surface area is 165 Å². The topological polar surface area (TPSA) is 87.7 Å². The molecule has 1 aliphatic heterocycles. The third-order valence-electron chi connectivity index (χ3n) is 5.28. The zero-order valence-electron chi connectivity index (χ0n) is 16.1. The third kappa shape index (κ3) is 3.88. The predicted molar refractivity (Wildman–Crippen MR) is 97.3 cm³/mol. The maximum atomic E-state index is 13.0. The van der Waals surface area contributed by atoms with Crippen molar-refractivity contribution in [3.63, 3.8) is 0 Å². The lowest BCUT2D eigenvalue weighted by atomic mass is 9.97. The van der Waals surface area contributed by atoms with E-state index in [-0.39, 0.29) is 18.0 Å². The molecule has 7 nitrogen and oxygen atoms in total. The van der Waals surface area contributed by atoms with Gasteiger partial charge in [0.25, 0.3) is 5.91 Å². The fourth-order valence-corrected chi connectivity index (χ4v) is 3.75. The van der Waals surface area contributed by atoms with E-state index < -0.39 is 41.2 Å². The number of urea groups is 1. The number of nitrogens with one attached hydrogen (secondary N) is 2. The summed E-state index contributed by atoms with van der Waals surface area (Å²) >= 11 is 0. The maximum Gasteiger partial charge on any atom is 0.416 e. The van der Waals surface area contributed by atoms with Crippen LogP contribution in [-0.2, 0) is 15.8 Å². The van der Waals surface area contributed by atoms with Crippen molar-refractivity contribution in [2.45, 2.75) is 57.3 Å². The molecule has 1 aliphatic carbocycles. The Morgan fingerprint density at radius 2 is 1.97 bits per heavy atom. The molecule has 2 fully saturated rings. The van der Waals surface area contributed by atoms with Crippen LogP contribution in [-0.4, -0.2) is 40.9 Å². The van der Waals surface area contributed by atoms with E-state index in [0.717, 1.165) is 35.9 Å². The summed E-state index contributed by atoms with van der Waals surface area (Å²) < 4.78 is 44.4. The summed E-state index contributed by atoms with van der Waals surface area (Å²) in [6, 6.07) is 0.860. The molecule has 1 atom stereocenters. The van der Waals surface area contributed by atoms with Crippen LogP contribution in [0, 0.1) is 0 Å². The van der Waals surface area contributed by atoms with Crippen molar-refractivity contribution in [3.8, 4) is 5.75 Å². The molecule has 1 saturated carbocycles. The number of halogens is 3. The van der Waals surface area contributed by atoms with Crippen molar-refractivity contribution in [2.24, 2.45) is 0 Å². The Kier molecular flexibility index (Phi) is 5.46. The number of alkyl halides is 3. The summed E-state index contributed by atoms with van der Waals surface area (Å²) in [4.78, 5) is 38.7. The maximum absolute atomic E-state index is 13.0. The van der Waals surface area contributed by atoms with Gasteiger partial charge in [0.05, 0.1) is 17.9 Å². The molecule has 1 unspecified atom stereocenters. The molecule has 1 heterocycles. The summed E-state index contributed by atoms with van der Waals surface area (Å²) in [6.07, 6.45) is -2.00. The van der Waals surface area contributed by atoms with Gasteiger partial charge in [0, 0.05) is 0 Å². The largest absolute Gasteiger partial charge is 0.492 e. The Morgan fingerprint density at radius 1 is 1.31 bits per heavy atom. The van der Waals surface area contributed by atoms with Crippen LogP contribution in [0.3, 0.4) is 0 Å². The van der Waals surface area contributed by atoms with Crippen LogP contribution >= 0.6 is 0 Å². The van der Waals surface area contributed by atoms with E-state index in [1.165, 1.54) is 6.92 Å². The highest BCUT2D eigenvalue weighted by Gasteiger charge is 2.54. The van der Waals surface area contributed by atoms with Gasteiger partial charge in [-0.1, -0.05) is 12.8 Å². The van der Waals surface area contributed by atoms with E-state index >= 15 is 0 Å². The van der Waals surface area contributed by atoms with E-state index in [2.05, 4.69) is 10.6 Å². The first kappa shape index (κ1) is 20.9. The Hall–Kier alpha value is -2.78. The highest BCUT2D eigenvalue weighted by Crippen LogP contribution is 2.37. The number of ether oxygens (including phenoxy) is 1. The van der Waals surface area contributed by atoms with Crippen LogP contribution in [0.5, 0.6) is 5.75 Å². The number of imide groups is 1. The van der Waals surface area contributed by atoms with Crippen LogP contribution in [0.25, 0.3) is 0 Å². The Morgan fingerprint density at radius 3 is 2.55 bits per heavy atom. The minimum atomic E-state index is -4.60. The zero-order chi connectivity index (χ0) is 21.4. The fourth-order valence-electron chi connectivity index (χ4n) is 3.75. The highest BCUT2D eigenvalue weighted by atomic mass is 19.4. The smallest absolute Gasteiger partial charge is 0.416 e. The van der Waals surface area contributed by atoms with Gasteiger partial charge in [0.2, 0.25) is 5.91 Å². The molecule has 0 radical (unpaired) electrons. The van der Waals surface area contributed by atoms with Crippen molar-refractivity contribution in [1.82, 2.24) is 10.2 Å². The second-order valence-electron chi connectivity index (χ2n) is 7.20. The van der Waals surface area contributed by atoms with Gasteiger partial charge in [-0.2, -0.15) is 13.2 Å². The van der Waals surface area contributed by atoms with Gasteiger partial charge in [0.15, 0.2) is 0 Å². The number of hydrogen-bond acceptors (Lipinski definition) is 4. The van der Waals surface area contributed by atoms with Crippen LogP contribution in [0.15, 0.2) is 18.2 Å². The van der Waals surface area contributed by atoms with Gasteiger partial charge in [-0.15, -0.1) is 0 Å². The van der Waals surface area contributed by atoms with Gasteiger partial charge in [-0.05, 0) is 44.9 Å². The summed E-state index contributed by atoms with van der Waals surface area (Å²) in [5, 5.41) is 5.04. The molecular weight excluding hydrogens is 391 g/mol. The van der Waals surface area contributed by atoms with Gasteiger partial charge >= 0.3 is 12.2 Å². The number of amides is 4. The van der Waals surface area contributed by atoms with Crippen molar-refractivity contribution in [2.75, 3.05) is 11.9 Å². The molecule has 1 aromatic rings. The van der Waals surface area contributed by atoms with Crippen LogP contribution in [0.1, 0.15) is 45.1 Å². The SMILES string of the molecule is CCOc1ccc(C(F)(F)F)cc1NC(=O)C(C)N1C(=O)NC2(CCCC2)C1=O. The Bertz CT molecular complexity index is 834. The lowest BCUT2D eigenvalue weighted by molar-refractivity contribution is -0.137. The minimum absolute atomic E-state index is 0.0607. The van der Waals surface area contributed by atoms with Crippen molar-refractivity contribution >= 4 is 23.5 Å². The number of benzene rings is 1. The number of hydrogen-bond donors (Lipinski definition) is 2. The molecular formula is C19H22F3N3O4. The van der Waals surface area contributed by atoms with Crippen LogP contribution in [0.4, 0.5) is 23.7 Å². The normalized spacial score (nSPS) is 19.4. The number of nitrogens with zero attached hydrogens (tertiary/aromatic N) is 1. The molecule has 1 aromatic carbocycles. The molecule has 1 spiro atoms. The average Bonchev–Trinajstić information content (AvgIpc) is 3.20. The molecule has 1 saturated heterocycles. The first-order valence-corrected chi connectivity index (χ1v) is 9.40. The summed E-state index contributed by atoms with van der Waals surface area (Å²) in [7, 11) is 0. The molecule has 2 N–H and O–H groups in total. The minimum Gasteiger partial charge on any atom is -0.492 e. The standard InChI is InChI=1S/C19H22F3N3O4/c1-3-29-14-7-6-12(19(20,21)22)10-13(14)23-15(26)11(2)25-16(27)18(24-17(25)28)8-4-5-9-18/h6-7,10-11H,3-5,8-9H2,1-2H3,(H,23,26)(H,24,28). The quantitative estimate of drug-likeness (QED) is 0.725. The van der Waals surface area contributed by atoms with Crippen molar-refractivity contribution < 1.29 is 32.3 Å². The fraction of sp³-hybridized carbons (Fsp3) is 0.526. The summed E-state index contributed by atoms with van der Waals surface area (Å²) in [5.74, 6) is -1.20. The summed E-state index contributed by atoms with van der Waals surface area (Å²) in [6.45, 7) is 3.19. The average molecular weight is 413 g/mol. The molecule has 29 heavy (non-hydrogen) atoms. The predicted octanol–water partition coefficient (Wildman–Crippen LogP) is 3.30. The van der Waals surface area contributed by atoms with Gasteiger partial charge < -0.3 is 15.4 Å². The van der Waals surface area contributed by atoms with E-state index in [9.17, 15) is 27.6 Å². The summed E-state index contributed by atoms with van der Waals surface area (Å²) in [5.41, 5.74) is -2.11. The second kappa shape index (κ2) is 7.57. The molecule has 0 aromatic heterocycles. The first-order chi connectivity index (χ1) is 13.6. The van der Waals surface area contributed by atoms with Gasteiger partial charge in [0.1, 0.15) is 17.3 Å². The Balaban J connectivity index is 1.82. The lowest BCUT2D eigenvalue weighted by Crippen LogP contribution is -2.48. The molecule has 0 bridgehead atoms. The first-order valence-electron chi connectivity index (χ1n) is 9.40. The van der Waals surface area contributed by atoms with Crippen molar-refractivity contribution in [3.05, 3.63) is 23.8 Å². The monoisotopic (exact) mass is 413 g/mol. The van der Waals surface area contributed by atoms with E-state index in [0.29, 0.717) is 12.8 Å². The van der Waals surface area contributed by atoms with E-state index in [1.54, 1.807) is 6.92 Å². The van der Waals surface area contributed by atoms with Crippen LogP contribution < -0.4 is 15.4 Å². The highest BCUT2D eigenvalue weighted by molar-refractivity contribution is 6.11. The molecule has 4 amide bonds. The zero-order valence-corrected chi connectivity index (χ0v) is 16.1. The lowest BCUT2D eigenvalue weighted by Gasteiger charge is -2.24. The van der Waals surface area contributed by atoms with Crippen molar-refractivity contribution in [1.29, 1.82) is 0 Å². The molecule has 158 valence electrons. The molecule has 3 rings (SSSR count). The second-order valence-corrected chi connectivity index (χ2v) is 7.20. The molecule has 10 heteroatoms. The number of carbonyl (C=O) groups excluding carboxylic acids is 3. The van der Waals surface area contributed by atoms with E-state index in [4.69, 9.17) is 4.74 Å². The van der Waals surface area contributed by atoms with Gasteiger partial charge in [-0.25, -0.2) is 9.69 Å². The third-order valence-corrected chi connectivity index (χ3v) is 5.28. The number of carbonyl (C=O) groups is 3. The van der Waals surface area contributed by atoms with E-state index in [1.807, 2.05) is 0 Å². The van der Waals surface area contributed by atoms with Gasteiger partial charge in [-0.3, -0.25) is 9.59 Å².